The van der Waals surface area contributed by atoms with Crippen LogP contribution >= 0.6 is 0 Å². The van der Waals surface area contributed by atoms with Crippen molar-refractivity contribution < 1.29 is 4.79 Å². The minimum Gasteiger partial charge on any atom is -0.324 e. The third-order valence-corrected chi connectivity index (χ3v) is 1.37. The average molecular weight is 153 g/mol. The molecule has 60 valence electrons. The first kappa shape index (κ1) is 7.94. The molecule has 2 N–H and O–H groups in total. The molecular formula is C7H11N3O. The summed E-state index contributed by atoms with van der Waals surface area (Å²) in [6.07, 6.45) is 2.15. The van der Waals surface area contributed by atoms with Crippen LogP contribution < -0.4 is 5.73 Å². The van der Waals surface area contributed by atoms with Gasteiger partial charge in [-0.2, -0.15) is 5.10 Å². The molecule has 1 heterocycles. The van der Waals surface area contributed by atoms with Gasteiger partial charge in [0.2, 0.25) is 0 Å². The van der Waals surface area contributed by atoms with Crippen molar-refractivity contribution in [3.8, 4) is 0 Å². The third kappa shape index (κ3) is 2.16. The van der Waals surface area contributed by atoms with Crippen molar-refractivity contribution >= 4 is 5.78 Å². The molecule has 1 aromatic rings. The van der Waals surface area contributed by atoms with Gasteiger partial charge in [0.1, 0.15) is 0 Å². The maximum atomic E-state index is 10.8. The zero-order chi connectivity index (χ0) is 8.27. The van der Waals surface area contributed by atoms with Gasteiger partial charge in [-0.25, -0.2) is 0 Å². The summed E-state index contributed by atoms with van der Waals surface area (Å²) in [4.78, 5) is 10.8. The molecular weight excluding hydrogens is 142 g/mol. The highest BCUT2D eigenvalue weighted by Gasteiger charge is 2.02. The molecule has 1 rings (SSSR count). The van der Waals surface area contributed by atoms with Gasteiger partial charge >= 0.3 is 0 Å². The molecule has 1 aromatic heterocycles. The summed E-state index contributed by atoms with van der Waals surface area (Å²) >= 11 is 0. The van der Waals surface area contributed by atoms with E-state index in [2.05, 4.69) is 5.10 Å². The highest BCUT2D eigenvalue weighted by atomic mass is 16.1. The molecule has 0 spiro atoms. The summed E-state index contributed by atoms with van der Waals surface area (Å²) in [5, 5.41) is 4.04. The number of aromatic nitrogens is 2. The van der Waals surface area contributed by atoms with Gasteiger partial charge in [-0.3, -0.25) is 9.48 Å². The molecule has 0 atom stereocenters. The van der Waals surface area contributed by atoms with E-state index < -0.39 is 0 Å². The number of hydrogen-bond acceptors (Lipinski definition) is 3. The van der Waals surface area contributed by atoms with Crippen LogP contribution in [-0.4, -0.2) is 22.1 Å². The topological polar surface area (TPSA) is 60.9 Å². The Balaban J connectivity index is 2.57. The van der Waals surface area contributed by atoms with Crippen LogP contribution in [0, 0.1) is 0 Å². The SMILES string of the molecule is Cn1ccc(CC(=O)CN)n1. The first-order chi connectivity index (χ1) is 5.22. The van der Waals surface area contributed by atoms with E-state index in [0.717, 1.165) is 5.69 Å². The summed E-state index contributed by atoms with van der Waals surface area (Å²) in [6.45, 7) is 0.0938. The third-order valence-electron chi connectivity index (χ3n) is 1.37. The Hall–Kier alpha value is -1.16. The fourth-order valence-corrected chi connectivity index (χ4v) is 0.832. The first-order valence-corrected chi connectivity index (χ1v) is 3.42. The fourth-order valence-electron chi connectivity index (χ4n) is 0.832. The summed E-state index contributed by atoms with van der Waals surface area (Å²) in [7, 11) is 1.82. The second-order valence-electron chi connectivity index (χ2n) is 2.40. The van der Waals surface area contributed by atoms with Gasteiger partial charge in [0.15, 0.2) is 5.78 Å². The van der Waals surface area contributed by atoms with Gasteiger partial charge in [0.25, 0.3) is 0 Å². The molecule has 0 amide bonds. The molecule has 0 saturated carbocycles. The van der Waals surface area contributed by atoms with Crippen molar-refractivity contribution in [3.63, 3.8) is 0 Å². The van der Waals surface area contributed by atoms with E-state index in [9.17, 15) is 4.79 Å². The molecule has 4 heteroatoms. The molecule has 0 aliphatic rings. The van der Waals surface area contributed by atoms with Crippen LogP contribution in [0.3, 0.4) is 0 Å². The van der Waals surface area contributed by atoms with E-state index >= 15 is 0 Å². The number of nitrogens with two attached hydrogens (primary N) is 1. The molecule has 0 unspecified atom stereocenters. The zero-order valence-electron chi connectivity index (χ0n) is 6.45. The van der Waals surface area contributed by atoms with Crippen LogP contribution in [0.5, 0.6) is 0 Å². The van der Waals surface area contributed by atoms with Crippen LogP contribution in [0.1, 0.15) is 5.69 Å². The van der Waals surface area contributed by atoms with Gasteiger partial charge in [-0.05, 0) is 6.07 Å². The van der Waals surface area contributed by atoms with Crippen LogP contribution in [0.15, 0.2) is 12.3 Å². The van der Waals surface area contributed by atoms with Crippen molar-refractivity contribution in [2.75, 3.05) is 6.54 Å². The Labute approximate surface area is 65.0 Å². The van der Waals surface area contributed by atoms with Crippen LogP contribution in [0.25, 0.3) is 0 Å². The van der Waals surface area contributed by atoms with E-state index in [1.807, 2.05) is 13.1 Å². The monoisotopic (exact) mass is 153 g/mol. The number of rotatable bonds is 3. The second-order valence-corrected chi connectivity index (χ2v) is 2.40. The van der Waals surface area contributed by atoms with Gasteiger partial charge in [-0.15, -0.1) is 0 Å². The molecule has 0 aliphatic heterocycles. The normalized spacial score (nSPS) is 10.0. The van der Waals surface area contributed by atoms with E-state index in [-0.39, 0.29) is 12.3 Å². The quantitative estimate of drug-likeness (QED) is 0.636. The molecule has 0 radical (unpaired) electrons. The minimum atomic E-state index is 0.0173. The molecule has 4 nitrogen and oxygen atoms in total. The Morgan fingerprint density at radius 2 is 2.55 bits per heavy atom. The molecule has 0 aromatic carbocycles. The molecule has 0 bridgehead atoms. The van der Waals surface area contributed by atoms with E-state index in [1.54, 1.807) is 10.9 Å². The number of hydrogen-bond donors (Lipinski definition) is 1. The van der Waals surface area contributed by atoms with Crippen molar-refractivity contribution in [1.82, 2.24) is 9.78 Å². The lowest BCUT2D eigenvalue weighted by Crippen LogP contribution is -2.15. The summed E-state index contributed by atoms with van der Waals surface area (Å²) < 4.78 is 1.67. The standard InChI is InChI=1S/C7H11N3O/c1-10-3-2-6(9-10)4-7(11)5-8/h2-3H,4-5,8H2,1H3. The molecule has 0 aliphatic carbocycles. The predicted octanol–water partition coefficient (Wildman–Crippen LogP) is -0.510. The maximum Gasteiger partial charge on any atom is 0.152 e. The number of ketones is 1. The van der Waals surface area contributed by atoms with Crippen molar-refractivity contribution in [1.29, 1.82) is 0 Å². The highest BCUT2D eigenvalue weighted by molar-refractivity contribution is 5.82. The smallest absolute Gasteiger partial charge is 0.152 e. The second kappa shape index (κ2) is 3.30. The number of nitrogens with zero attached hydrogens (tertiary/aromatic N) is 2. The van der Waals surface area contributed by atoms with Gasteiger partial charge in [0, 0.05) is 13.2 Å². The average Bonchev–Trinajstić information content (AvgIpc) is 2.35. The molecule has 0 saturated heterocycles. The van der Waals surface area contributed by atoms with Crippen molar-refractivity contribution in [2.45, 2.75) is 6.42 Å². The van der Waals surface area contributed by atoms with Gasteiger partial charge in [-0.1, -0.05) is 0 Å². The number of aryl methyl sites for hydroxylation is 1. The minimum absolute atomic E-state index is 0.0173. The Bertz CT molecular complexity index is 254. The lowest BCUT2D eigenvalue weighted by molar-refractivity contribution is -0.117. The van der Waals surface area contributed by atoms with Gasteiger partial charge < -0.3 is 5.73 Å². The van der Waals surface area contributed by atoms with Crippen molar-refractivity contribution in [3.05, 3.63) is 18.0 Å². The van der Waals surface area contributed by atoms with E-state index in [1.165, 1.54) is 0 Å². The number of carbonyl (C=O) groups is 1. The largest absolute Gasteiger partial charge is 0.324 e. The first-order valence-electron chi connectivity index (χ1n) is 3.42. The highest BCUT2D eigenvalue weighted by Crippen LogP contribution is 1.94. The zero-order valence-corrected chi connectivity index (χ0v) is 6.45. The maximum absolute atomic E-state index is 10.8. The Morgan fingerprint density at radius 1 is 1.82 bits per heavy atom. The van der Waals surface area contributed by atoms with Crippen LogP contribution in [-0.2, 0) is 18.3 Å². The molecule has 0 fully saturated rings. The summed E-state index contributed by atoms with van der Waals surface area (Å²) in [5.74, 6) is 0.0173. The number of Topliss-reactive ketones (excluding diaryl/α,β-unsaturated/α-hetero) is 1. The van der Waals surface area contributed by atoms with E-state index in [4.69, 9.17) is 5.73 Å². The summed E-state index contributed by atoms with van der Waals surface area (Å²) in [6, 6.07) is 1.81. The lowest BCUT2D eigenvalue weighted by atomic mass is 10.2. The van der Waals surface area contributed by atoms with Crippen molar-refractivity contribution in [2.24, 2.45) is 12.8 Å². The van der Waals surface area contributed by atoms with Crippen LogP contribution in [0.2, 0.25) is 0 Å². The van der Waals surface area contributed by atoms with E-state index in [0.29, 0.717) is 6.42 Å². The van der Waals surface area contributed by atoms with Crippen LogP contribution in [0.4, 0.5) is 0 Å². The summed E-state index contributed by atoms with van der Waals surface area (Å²) in [5.41, 5.74) is 5.92. The van der Waals surface area contributed by atoms with Gasteiger partial charge in [0.05, 0.1) is 18.7 Å². The Morgan fingerprint density at radius 3 is 3.00 bits per heavy atom. The number of carbonyl (C=O) groups excluding carboxylic acids is 1. The fraction of sp³-hybridized carbons (Fsp3) is 0.429. The molecule has 11 heavy (non-hydrogen) atoms. The lowest BCUT2D eigenvalue weighted by Gasteiger charge is -1.91. The predicted molar refractivity (Wildman–Crippen MR) is 41.0 cm³/mol. The Kier molecular flexibility index (Phi) is 2.38.